The van der Waals surface area contributed by atoms with Crippen LogP contribution in [0.25, 0.3) is 10.9 Å². The molecule has 0 atom stereocenters. The highest BCUT2D eigenvalue weighted by Gasteiger charge is 2.12. The highest BCUT2D eigenvalue weighted by Crippen LogP contribution is 2.32. The van der Waals surface area contributed by atoms with Gasteiger partial charge in [-0.15, -0.1) is 0 Å². The molecule has 1 aliphatic heterocycles. The molecule has 0 saturated heterocycles. The zero-order valence-electron chi connectivity index (χ0n) is 10.7. The van der Waals surface area contributed by atoms with Gasteiger partial charge in [0, 0.05) is 17.6 Å². The van der Waals surface area contributed by atoms with Crippen LogP contribution in [0.2, 0.25) is 0 Å². The summed E-state index contributed by atoms with van der Waals surface area (Å²) >= 11 is 0. The fourth-order valence-electron chi connectivity index (χ4n) is 2.31. The van der Waals surface area contributed by atoms with Gasteiger partial charge in [-0.3, -0.25) is 5.10 Å². The summed E-state index contributed by atoms with van der Waals surface area (Å²) in [7, 11) is 0. The topological polar surface area (TPSA) is 59.2 Å². The van der Waals surface area contributed by atoms with Crippen LogP contribution in [0.1, 0.15) is 5.56 Å². The Morgan fingerprint density at radius 3 is 3.05 bits per heavy atom. The predicted molar refractivity (Wildman–Crippen MR) is 76.0 cm³/mol. The zero-order valence-corrected chi connectivity index (χ0v) is 10.7. The number of rotatable bonds is 3. The van der Waals surface area contributed by atoms with Crippen LogP contribution in [0.15, 0.2) is 42.6 Å². The first-order chi connectivity index (χ1) is 9.88. The van der Waals surface area contributed by atoms with Gasteiger partial charge in [-0.1, -0.05) is 6.07 Å². The molecule has 0 radical (unpaired) electrons. The van der Waals surface area contributed by atoms with Crippen LogP contribution in [-0.4, -0.2) is 17.0 Å². The van der Waals surface area contributed by atoms with Crippen molar-refractivity contribution in [3.05, 3.63) is 48.2 Å². The van der Waals surface area contributed by atoms with Gasteiger partial charge in [0.25, 0.3) is 0 Å². The Hall–Kier alpha value is -2.69. The van der Waals surface area contributed by atoms with Crippen molar-refractivity contribution in [1.82, 2.24) is 10.2 Å². The third-order valence-electron chi connectivity index (χ3n) is 3.37. The molecule has 0 amide bonds. The van der Waals surface area contributed by atoms with E-state index in [9.17, 15) is 0 Å². The quantitative estimate of drug-likeness (QED) is 0.766. The van der Waals surface area contributed by atoms with Gasteiger partial charge in [-0.25, -0.2) is 0 Å². The molecule has 0 fully saturated rings. The summed E-state index contributed by atoms with van der Waals surface area (Å²) in [6.07, 6.45) is 1.82. The molecule has 0 bridgehead atoms. The molecule has 0 aliphatic carbocycles. The van der Waals surface area contributed by atoms with E-state index in [-0.39, 0.29) is 0 Å². The zero-order chi connectivity index (χ0) is 13.4. The monoisotopic (exact) mass is 267 g/mol. The number of hydrogen-bond donors (Lipinski definition) is 2. The number of ether oxygens (including phenoxy) is 2. The summed E-state index contributed by atoms with van der Waals surface area (Å²) in [5.41, 5.74) is 3.26. The van der Waals surface area contributed by atoms with Gasteiger partial charge in [-0.2, -0.15) is 5.10 Å². The second-order valence-electron chi connectivity index (χ2n) is 4.71. The first-order valence-electron chi connectivity index (χ1n) is 6.44. The van der Waals surface area contributed by atoms with Crippen LogP contribution >= 0.6 is 0 Å². The number of nitrogens with one attached hydrogen (secondary N) is 2. The number of benzene rings is 2. The third-order valence-corrected chi connectivity index (χ3v) is 3.37. The van der Waals surface area contributed by atoms with Crippen molar-refractivity contribution in [2.45, 2.75) is 6.54 Å². The lowest BCUT2D eigenvalue weighted by Crippen LogP contribution is -1.99. The highest BCUT2D eigenvalue weighted by molar-refractivity contribution is 5.81. The van der Waals surface area contributed by atoms with Crippen LogP contribution < -0.4 is 14.8 Å². The van der Waals surface area contributed by atoms with Crippen LogP contribution in [0.3, 0.4) is 0 Å². The number of nitrogens with zero attached hydrogens (tertiary/aromatic N) is 1. The van der Waals surface area contributed by atoms with E-state index in [0.29, 0.717) is 6.79 Å². The summed E-state index contributed by atoms with van der Waals surface area (Å²) in [5.74, 6) is 1.63. The molecule has 2 heterocycles. The second kappa shape index (κ2) is 4.45. The number of hydrogen-bond acceptors (Lipinski definition) is 4. The second-order valence-corrected chi connectivity index (χ2v) is 4.71. The molecule has 20 heavy (non-hydrogen) atoms. The lowest BCUT2D eigenvalue weighted by molar-refractivity contribution is 0.174. The predicted octanol–water partition coefficient (Wildman–Crippen LogP) is 2.90. The van der Waals surface area contributed by atoms with Gasteiger partial charge < -0.3 is 14.8 Å². The summed E-state index contributed by atoms with van der Waals surface area (Å²) < 4.78 is 10.7. The molecular formula is C15H13N3O2. The molecule has 1 aromatic heterocycles. The van der Waals surface area contributed by atoms with E-state index in [1.165, 1.54) is 0 Å². The van der Waals surface area contributed by atoms with Crippen LogP contribution in [0, 0.1) is 0 Å². The molecule has 5 nitrogen and oxygen atoms in total. The van der Waals surface area contributed by atoms with Gasteiger partial charge in [0.05, 0.1) is 11.7 Å². The lowest BCUT2D eigenvalue weighted by atomic mass is 10.2. The number of aromatic nitrogens is 2. The maximum atomic E-state index is 5.38. The largest absolute Gasteiger partial charge is 0.454 e. The van der Waals surface area contributed by atoms with Gasteiger partial charge in [0.15, 0.2) is 11.5 Å². The van der Waals surface area contributed by atoms with Crippen molar-refractivity contribution in [3.8, 4) is 11.5 Å². The Kier molecular flexibility index (Phi) is 2.48. The minimum Gasteiger partial charge on any atom is -0.454 e. The number of H-pyrrole nitrogens is 1. The minimum absolute atomic E-state index is 0.309. The van der Waals surface area contributed by atoms with Crippen LogP contribution in [0.4, 0.5) is 5.69 Å². The molecule has 100 valence electrons. The molecular weight excluding hydrogens is 254 g/mol. The molecule has 1 aliphatic rings. The summed E-state index contributed by atoms with van der Waals surface area (Å²) in [6.45, 7) is 1.05. The van der Waals surface area contributed by atoms with E-state index in [1.54, 1.807) is 0 Å². The average molecular weight is 267 g/mol. The fraction of sp³-hybridized carbons (Fsp3) is 0.133. The summed E-state index contributed by atoms with van der Waals surface area (Å²) in [5, 5.41) is 11.5. The Balaban J connectivity index is 1.52. The average Bonchev–Trinajstić information content (AvgIpc) is 3.12. The number of anilines is 1. The Morgan fingerprint density at radius 2 is 2.05 bits per heavy atom. The van der Waals surface area contributed by atoms with Crippen molar-refractivity contribution >= 4 is 16.6 Å². The van der Waals surface area contributed by atoms with E-state index >= 15 is 0 Å². The molecule has 0 saturated carbocycles. The Labute approximate surface area is 115 Å². The van der Waals surface area contributed by atoms with Crippen molar-refractivity contribution in [2.75, 3.05) is 12.1 Å². The molecule has 3 aromatic rings. The van der Waals surface area contributed by atoms with Crippen LogP contribution in [-0.2, 0) is 6.54 Å². The van der Waals surface area contributed by atoms with Crippen molar-refractivity contribution < 1.29 is 9.47 Å². The summed E-state index contributed by atoms with van der Waals surface area (Å²) in [4.78, 5) is 0. The van der Waals surface area contributed by atoms with E-state index < -0.39 is 0 Å². The lowest BCUT2D eigenvalue weighted by Gasteiger charge is -2.07. The van der Waals surface area contributed by atoms with E-state index in [4.69, 9.17) is 9.47 Å². The molecule has 2 N–H and O–H groups in total. The molecule has 5 heteroatoms. The van der Waals surface area contributed by atoms with Crippen LogP contribution in [0.5, 0.6) is 11.5 Å². The summed E-state index contributed by atoms with van der Waals surface area (Å²) in [6, 6.07) is 12.1. The molecule has 4 rings (SSSR count). The smallest absolute Gasteiger partial charge is 0.231 e. The first-order valence-corrected chi connectivity index (χ1v) is 6.44. The Bertz CT molecular complexity index is 767. The standard InChI is InChI=1S/C15H13N3O2/c1-4-14-15(20-9-19-14)5-10(1)7-16-12-2-3-13-11(6-12)8-17-18-13/h1-6,8,16H,7,9H2,(H,17,18). The molecule has 2 aromatic carbocycles. The number of aromatic amines is 1. The van der Waals surface area contributed by atoms with Gasteiger partial charge in [-0.05, 0) is 35.9 Å². The minimum atomic E-state index is 0.309. The third kappa shape index (κ3) is 1.93. The SMILES string of the molecule is c1cc2c(cc1CNc1ccc3[nH]ncc3c1)OCO2. The maximum absolute atomic E-state index is 5.38. The highest BCUT2D eigenvalue weighted by atomic mass is 16.7. The van der Waals surface area contributed by atoms with Gasteiger partial charge >= 0.3 is 0 Å². The molecule has 0 unspecified atom stereocenters. The van der Waals surface area contributed by atoms with E-state index in [0.717, 1.165) is 40.2 Å². The maximum Gasteiger partial charge on any atom is 0.231 e. The van der Waals surface area contributed by atoms with Gasteiger partial charge in [0.1, 0.15) is 0 Å². The van der Waals surface area contributed by atoms with Crippen molar-refractivity contribution in [1.29, 1.82) is 0 Å². The molecule has 0 spiro atoms. The van der Waals surface area contributed by atoms with Crippen molar-refractivity contribution in [3.63, 3.8) is 0 Å². The number of fused-ring (bicyclic) bond motifs is 2. The van der Waals surface area contributed by atoms with Gasteiger partial charge in [0.2, 0.25) is 6.79 Å². The fourth-order valence-corrected chi connectivity index (χ4v) is 2.31. The van der Waals surface area contributed by atoms with Crippen molar-refractivity contribution in [2.24, 2.45) is 0 Å². The van der Waals surface area contributed by atoms with E-state index in [2.05, 4.69) is 21.6 Å². The first kappa shape index (κ1) is 11.2. The Morgan fingerprint density at radius 1 is 1.10 bits per heavy atom. The van der Waals surface area contributed by atoms with E-state index in [1.807, 2.05) is 36.5 Å². The normalized spacial score (nSPS) is 12.8.